The summed E-state index contributed by atoms with van der Waals surface area (Å²) in [4.78, 5) is 11.7. The van der Waals surface area contributed by atoms with E-state index >= 15 is 0 Å². The Kier molecular flexibility index (Phi) is 5.42. The van der Waals surface area contributed by atoms with Crippen LogP contribution in [0.3, 0.4) is 0 Å². The molecule has 0 bridgehead atoms. The van der Waals surface area contributed by atoms with Gasteiger partial charge in [0, 0.05) is 51.5 Å². The quantitative estimate of drug-likeness (QED) is 0.910. The van der Waals surface area contributed by atoms with Crippen molar-refractivity contribution in [2.24, 2.45) is 0 Å². The summed E-state index contributed by atoms with van der Waals surface area (Å²) < 4.78 is 0. The molecule has 1 aromatic rings. The van der Waals surface area contributed by atoms with Gasteiger partial charge >= 0.3 is 0 Å². The average molecular weight is 332 g/mol. The summed E-state index contributed by atoms with van der Waals surface area (Å²) >= 11 is 0. The normalized spacial score (nSPS) is 27.0. The van der Waals surface area contributed by atoms with Gasteiger partial charge in [0.2, 0.25) is 0 Å². The Labute approximate surface area is 146 Å². The molecule has 2 aliphatic heterocycles. The Balaban J connectivity index is 1.62. The van der Waals surface area contributed by atoms with Crippen LogP contribution in [-0.2, 0) is 0 Å². The van der Waals surface area contributed by atoms with Crippen molar-refractivity contribution in [2.75, 3.05) is 57.8 Å². The molecule has 5 heteroatoms. The number of aromatic nitrogens is 1. The lowest BCUT2D eigenvalue weighted by Crippen LogP contribution is -2.57. The molecule has 2 fully saturated rings. The van der Waals surface area contributed by atoms with E-state index in [9.17, 15) is 5.11 Å². The van der Waals surface area contributed by atoms with Crippen LogP contribution in [0, 0.1) is 0 Å². The molecule has 0 aliphatic carbocycles. The van der Waals surface area contributed by atoms with Crippen LogP contribution in [-0.4, -0.2) is 78.4 Å². The first-order valence-electron chi connectivity index (χ1n) is 9.29. The van der Waals surface area contributed by atoms with Crippen molar-refractivity contribution in [3.63, 3.8) is 0 Å². The number of β-amino-alcohol motifs (C(OH)–C–C–N with tert-alkyl or cyclic N) is 1. The van der Waals surface area contributed by atoms with Gasteiger partial charge in [-0.1, -0.05) is 13.8 Å². The van der Waals surface area contributed by atoms with E-state index in [1.54, 1.807) is 0 Å². The van der Waals surface area contributed by atoms with Crippen LogP contribution in [0.25, 0.3) is 0 Å². The standard InChI is InChI=1S/C19H32N4O/c1-16(2)18-6-5-17(13-20-18)23-8-4-7-19(24,15-23)14-22-11-9-21(3)10-12-22/h5-6,13,16,24H,4,7-12,14-15H2,1-3H3/t19-/m0/s1. The summed E-state index contributed by atoms with van der Waals surface area (Å²) in [6.45, 7) is 11.1. The molecular weight excluding hydrogens is 300 g/mol. The first-order chi connectivity index (χ1) is 11.5. The van der Waals surface area contributed by atoms with Crippen LogP contribution in [0.2, 0.25) is 0 Å². The zero-order valence-corrected chi connectivity index (χ0v) is 15.4. The maximum Gasteiger partial charge on any atom is 0.0948 e. The van der Waals surface area contributed by atoms with E-state index in [0.717, 1.165) is 63.5 Å². The fourth-order valence-corrected chi connectivity index (χ4v) is 3.81. The number of rotatable bonds is 4. The molecule has 0 unspecified atom stereocenters. The van der Waals surface area contributed by atoms with E-state index in [1.807, 2.05) is 6.20 Å². The predicted octanol–water partition coefficient (Wildman–Crippen LogP) is 1.78. The molecular formula is C19H32N4O. The van der Waals surface area contributed by atoms with Crippen molar-refractivity contribution in [3.05, 3.63) is 24.0 Å². The van der Waals surface area contributed by atoms with Crippen molar-refractivity contribution >= 4 is 5.69 Å². The number of hydrogen-bond donors (Lipinski definition) is 1. The van der Waals surface area contributed by atoms with Gasteiger partial charge in [-0.15, -0.1) is 0 Å². The number of piperazine rings is 1. The molecule has 2 aliphatic rings. The lowest BCUT2D eigenvalue weighted by molar-refractivity contribution is -0.0172. The van der Waals surface area contributed by atoms with E-state index in [4.69, 9.17) is 0 Å². The summed E-state index contributed by atoms with van der Waals surface area (Å²) in [5.74, 6) is 0.453. The Morgan fingerprint density at radius 2 is 1.92 bits per heavy atom. The summed E-state index contributed by atoms with van der Waals surface area (Å²) in [6.07, 6.45) is 3.90. The summed E-state index contributed by atoms with van der Waals surface area (Å²) in [6, 6.07) is 4.28. The molecule has 0 radical (unpaired) electrons. The van der Waals surface area contributed by atoms with E-state index in [-0.39, 0.29) is 0 Å². The molecule has 2 saturated heterocycles. The summed E-state index contributed by atoms with van der Waals surface area (Å²) in [5, 5.41) is 11.1. The molecule has 24 heavy (non-hydrogen) atoms. The van der Waals surface area contributed by atoms with Crippen LogP contribution >= 0.6 is 0 Å². The van der Waals surface area contributed by atoms with Gasteiger partial charge in [0.05, 0.1) is 17.5 Å². The second-order valence-electron chi connectivity index (χ2n) is 7.92. The zero-order chi connectivity index (χ0) is 17.2. The van der Waals surface area contributed by atoms with Gasteiger partial charge in [0.15, 0.2) is 0 Å². The van der Waals surface area contributed by atoms with E-state index in [1.165, 1.54) is 0 Å². The molecule has 1 aromatic heterocycles. The second kappa shape index (κ2) is 7.38. The fourth-order valence-electron chi connectivity index (χ4n) is 3.81. The van der Waals surface area contributed by atoms with Crippen molar-refractivity contribution in [3.8, 4) is 0 Å². The Morgan fingerprint density at radius 1 is 1.17 bits per heavy atom. The fraction of sp³-hybridized carbons (Fsp3) is 0.737. The molecule has 3 rings (SSSR count). The third-order valence-electron chi connectivity index (χ3n) is 5.40. The SMILES string of the molecule is CC(C)c1ccc(N2CCC[C@](O)(CN3CCN(C)CC3)C2)cn1. The number of piperidine rings is 1. The van der Waals surface area contributed by atoms with Crippen LogP contribution in [0.4, 0.5) is 5.69 Å². The number of hydrogen-bond acceptors (Lipinski definition) is 5. The largest absolute Gasteiger partial charge is 0.387 e. The second-order valence-corrected chi connectivity index (χ2v) is 7.92. The van der Waals surface area contributed by atoms with E-state index in [2.05, 4.69) is 52.7 Å². The van der Waals surface area contributed by atoms with Gasteiger partial charge < -0.3 is 14.9 Å². The molecule has 1 N–H and O–H groups in total. The maximum atomic E-state index is 11.1. The van der Waals surface area contributed by atoms with Crippen molar-refractivity contribution < 1.29 is 5.11 Å². The maximum absolute atomic E-state index is 11.1. The lowest BCUT2D eigenvalue weighted by Gasteiger charge is -2.44. The molecule has 0 saturated carbocycles. The number of aliphatic hydroxyl groups is 1. The van der Waals surface area contributed by atoms with Crippen LogP contribution < -0.4 is 4.90 Å². The van der Waals surface area contributed by atoms with Gasteiger partial charge in [-0.3, -0.25) is 9.88 Å². The lowest BCUT2D eigenvalue weighted by atomic mass is 9.91. The Bertz CT molecular complexity index is 525. The third-order valence-corrected chi connectivity index (χ3v) is 5.40. The van der Waals surface area contributed by atoms with Gasteiger partial charge in [-0.2, -0.15) is 0 Å². The van der Waals surface area contributed by atoms with Crippen molar-refractivity contribution in [2.45, 2.75) is 38.2 Å². The highest BCUT2D eigenvalue weighted by atomic mass is 16.3. The molecule has 134 valence electrons. The minimum Gasteiger partial charge on any atom is -0.387 e. The number of likely N-dealkylation sites (N-methyl/N-ethyl adjacent to an activating group) is 1. The summed E-state index contributed by atoms with van der Waals surface area (Å²) in [7, 11) is 2.17. The smallest absolute Gasteiger partial charge is 0.0948 e. The van der Waals surface area contributed by atoms with Crippen LogP contribution in [0.15, 0.2) is 18.3 Å². The predicted molar refractivity (Wildman–Crippen MR) is 98.7 cm³/mol. The zero-order valence-electron chi connectivity index (χ0n) is 15.4. The minimum absolute atomic E-state index is 0.453. The Morgan fingerprint density at radius 3 is 2.54 bits per heavy atom. The van der Waals surface area contributed by atoms with Crippen LogP contribution in [0.1, 0.15) is 38.3 Å². The highest BCUT2D eigenvalue weighted by Gasteiger charge is 2.35. The molecule has 0 aromatic carbocycles. The van der Waals surface area contributed by atoms with Gasteiger partial charge in [0.1, 0.15) is 0 Å². The molecule has 0 amide bonds. The molecule has 1 atom stereocenters. The van der Waals surface area contributed by atoms with E-state index in [0.29, 0.717) is 12.5 Å². The first-order valence-corrected chi connectivity index (χ1v) is 9.29. The van der Waals surface area contributed by atoms with Gasteiger partial charge in [-0.05, 0) is 37.9 Å². The Hall–Kier alpha value is -1.17. The highest BCUT2D eigenvalue weighted by molar-refractivity contribution is 5.46. The highest BCUT2D eigenvalue weighted by Crippen LogP contribution is 2.27. The summed E-state index contributed by atoms with van der Waals surface area (Å²) in [5.41, 5.74) is 1.66. The minimum atomic E-state index is -0.606. The van der Waals surface area contributed by atoms with E-state index < -0.39 is 5.60 Å². The first kappa shape index (κ1) is 17.6. The molecule has 5 nitrogen and oxygen atoms in total. The van der Waals surface area contributed by atoms with Crippen molar-refractivity contribution in [1.29, 1.82) is 0 Å². The van der Waals surface area contributed by atoms with Gasteiger partial charge in [-0.25, -0.2) is 0 Å². The number of anilines is 1. The van der Waals surface area contributed by atoms with Crippen molar-refractivity contribution in [1.82, 2.24) is 14.8 Å². The van der Waals surface area contributed by atoms with Crippen LogP contribution in [0.5, 0.6) is 0 Å². The topological polar surface area (TPSA) is 42.8 Å². The monoisotopic (exact) mass is 332 g/mol. The van der Waals surface area contributed by atoms with Gasteiger partial charge in [0.25, 0.3) is 0 Å². The third kappa shape index (κ3) is 4.26. The molecule has 3 heterocycles. The number of nitrogens with zero attached hydrogens (tertiary/aromatic N) is 4. The number of pyridine rings is 1. The molecule has 0 spiro atoms. The average Bonchev–Trinajstić information content (AvgIpc) is 2.57.